The van der Waals surface area contributed by atoms with Gasteiger partial charge in [0.05, 0.1) is 13.2 Å². The normalized spacial score (nSPS) is 15.9. The molecule has 1 heterocycles. The molecule has 0 spiro atoms. The largest absolute Gasteiger partial charge is 0.508 e. The van der Waals surface area contributed by atoms with Gasteiger partial charge in [-0.1, -0.05) is 41.9 Å². The summed E-state index contributed by atoms with van der Waals surface area (Å²) in [5.74, 6) is -0.132. The first-order valence-electron chi connectivity index (χ1n) is 9.73. The van der Waals surface area contributed by atoms with Crippen LogP contribution in [0.3, 0.4) is 0 Å². The summed E-state index contributed by atoms with van der Waals surface area (Å²) in [6.07, 6.45) is 1.17. The summed E-state index contributed by atoms with van der Waals surface area (Å²) in [6.45, 7) is 5.08. The van der Waals surface area contributed by atoms with Gasteiger partial charge in [0.1, 0.15) is 5.75 Å². The van der Waals surface area contributed by atoms with Crippen LogP contribution in [0, 0.1) is 0 Å². The van der Waals surface area contributed by atoms with Crippen molar-refractivity contribution < 1.29 is 14.6 Å². The molecule has 1 atom stereocenters. The maximum absolute atomic E-state index is 12.6. The molecule has 1 aliphatic rings. The van der Waals surface area contributed by atoms with Gasteiger partial charge in [0.15, 0.2) is 0 Å². The van der Waals surface area contributed by atoms with Crippen LogP contribution in [0.25, 0.3) is 0 Å². The molecule has 1 aliphatic heterocycles. The van der Waals surface area contributed by atoms with Crippen molar-refractivity contribution in [3.05, 3.63) is 64.7 Å². The molecule has 0 unspecified atom stereocenters. The molecule has 2 aromatic carbocycles. The molecule has 1 amide bonds. The zero-order valence-electron chi connectivity index (χ0n) is 15.9. The number of hydrogen-bond acceptors (Lipinski definition) is 4. The van der Waals surface area contributed by atoms with Gasteiger partial charge in [-0.15, -0.1) is 0 Å². The lowest BCUT2D eigenvalue weighted by Crippen LogP contribution is -2.38. The number of benzene rings is 2. The van der Waals surface area contributed by atoms with Gasteiger partial charge < -0.3 is 15.2 Å². The fourth-order valence-electron chi connectivity index (χ4n) is 3.51. The van der Waals surface area contributed by atoms with E-state index in [-0.39, 0.29) is 24.0 Å². The molecular weight excluding hydrogens is 376 g/mol. The van der Waals surface area contributed by atoms with Crippen molar-refractivity contribution in [2.45, 2.75) is 18.8 Å². The van der Waals surface area contributed by atoms with Crippen LogP contribution in [0.4, 0.5) is 0 Å². The van der Waals surface area contributed by atoms with Crippen molar-refractivity contribution in [3.8, 4) is 5.75 Å². The summed E-state index contributed by atoms with van der Waals surface area (Å²) in [7, 11) is 0. The smallest absolute Gasteiger partial charge is 0.220 e. The topological polar surface area (TPSA) is 61.8 Å². The van der Waals surface area contributed by atoms with Crippen LogP contribution in [-0.2, 0) is 9.53 Å². The number of ether oxygens (including phenoxy) is 1. The molecule has 0 radical (unpaired) electrons. The van der Waals surface area contributed by atoms with Gasteiger partial charge >= 0.3 is 0 Å². The van der Waals surface area contributed by atoms with Crippen molar-refractivity contribution in [1.29, 1.82) is 0 Å². The molecule has 28 heavy (non-hydrogen) atoms. The van der Waals surface area contributed by atoms with E-state index in [0.717, 1.165) is 44.8 Å². The molecule has 6 heteroatoms. The molecular formula is C22H27ClN2O3. The predicted molar refractivity (Wildman–Crippen MR) is 111 cm³/mol. The summed E-state index contributed by atoms with van der Waals surface area (Å²) in [5.41, 5.74) is 1.64. The summed E-state index contributed by atoms with van der Waals surface area (Å²) in [5, 5.41) is 13.9. The van der Waals surface area contributed by atoms with E-state index in [2.05, 4.69) is 10.2 Å². The molecule has 1 saturated heterocycles. The van der Waals surface area contributed by atoms with Gasteiger partial charge in [-0.05, 0) is 36.7 Å². The Hall–Kier alpha value is -2.08. The first-order valence-corrected chi connectivity index (χ1v) is 10.1. The Balaban J connectivity index is 1.59. The second-order valence-corrected chi connectivity index (χ2v) is 7.46. The molecule has 5 nitrogen and oxygen atoms in total. The van der Waals surface area contributed by atoms with Crippen molar-refractivity contribution >= 4 is 17.5 Å². The Morgan fingerprint density at radius 2 is 1.93 bits per heavy atom. The third kappa shape index (κ3) is 5.96. The van der Waals surface area contributed by atoms with E-state index in [0.29, 0.717) is 17.1 Å². The molecule has 2 N–H and O–H groups in total. The second kappa shape index (κ2) is 10.5. The number of hydrogen-bond donors (Lipinski definition) is 2. The highest BCUT2D eigenvalue weighted by atomic mass is 35.5. The van der Waals surface area contributed by atoms with E-state index in [4.69, 9.17) is 16.3 Å². The van der Waals surface area contributed by atoms with E-state index in [1.165, 1.54) is 0 Å². The monoisotopic (exact) mass is 402 g/mol. The van der Waals surface area contributed by atoms with E-state index in [1.54, 1.807) is 18.2 Å². The molecule has 0 saturated carbocycles. The lowest BCUT2D eigenvalue weighted by molar-refractivity contribution is -0.121. The van der Waals surface area contributed by atoms with Gasteiger partial charge in [-0.2, -0.15) is 0 Å². The maximum Gasteiger partial charge on any atom is 0.220 e. The third-order valence-electron chi connectivity index (χ3n) is 5.03. The average molecular weight is 403 g/mol. The van der Waals surface area contributed by atoms with Crippen molar-refractivity contribution in [2.24, 2.45) is 0 Å². The van der Waals surface area contributed by atoms with Crippen LogP contribution < -0.4 is 5.32 Å². The van der Waals surface area contributed by atoms with Crippen LogP contribution in [0.2, 0.25) is 5.02 Å². The number of carbonyl (C=O) groups excluding carboxylic acids is 1. The van der Waals surface area contributed by atoms with Crippen molar-refractivity contribution in [3.63, 3.8) is 0 Å². The van der Waals surface area contributed by atoms with Gasteiger partial charge in [0.25, 0.3) is 0 Å². The fourth-order valence-corrected chi connectivity index (χ4v) is 3.69. The quantitative estimate of drug-likeness (QED) is 0.664. The summed E-state index contributed by atoms with van der Waals surface area (Å²) < 4.78 is 5.35. The maximum atomic E-state index is 12.6. The zero-order chi connectivity index (χ0) is 19.8. The van der Waals surface area contributed by atoms with Crippen LogP contribution in [0.1, 0.15) is 29.9 Å². The lowest BCUT2D eigenvalue weighted by atomic mass is 9.87. The average Bonchev–Trinajstić information content (AvgIpc) is 2.73. The second-order valence-electron chi connectivity index (χ2n) is 7.03. The highest BCUT2D eigenvalue weighted by Gasteiger charge is 2.21. The number of rotatable bonds is 8. The van der Waals surface area contributed by atoms with Crippen LogP contribution in [0.5, 0.6) is 5.75 Å². The molecule has 3 rings (SSSR count). The SMILES string of the molecule is O=C(C[C@H](c1ccccc1)c1cc(Cl)ccc1O)NCCCN1CCOCC1. The van der Waals surface area contributed by atoms with E-state index >= 15 is 0 Å². The molecule has 0 bridgehead atoms. The molecule has 1 fully saturated rings. The van der Waals surface area contributed by atoms with Crippen molar-refractivity contribution in [2.75, 3.05) is 39.4 Å². The summed E-state index contributed by atoms with van der Waals surface area (Å²) in [4.78, 5) is 14.9. The fraction of sp³-hybridized carbons (Fsp3) is 0.409. The number of aromatic hydroxyl groups is 1. The minimum absolute atomic E-state index is 0.0322. The highest BCUT2D eigenvalue weighted by Crippen LogP contribution is 2.35. The molecule has 0 aromatic heterocycles. The zero-order valence-corrected chi connectivity index (χ0v) is 16.7. The van der Waals surface area contributed by atoms with Gasteiger partial charge in [0, 0.05) is 42.6 Å². The number of nitrogens with one attached hydrogen (secondary N) is 1. The Labute approximate surface area is 171 Å². The Morgan fingerprint density at radius 3 is 2.68 bits per heavy atom. The van der Waals surface area contributed by atoms with Crippen LogP contribution >= 0.6 is 11.6 Å². The first kappa shape index (κ1) is 20.6. The van der Waals surface area contributed by atoms with E-state index in [9.17, 15) is 9.90 Å². The third-order valence-corrected chi connectivity index (χ3v) is 5.27. The molecule has 2 aromatic rings. The highest BCUT2D eigenvalue weighted by molar-refractivity contribution is 6.30. The number of nitrogens with zero attached hydrogens (tertiary/aromatic N) is 1. The van der Waals surface area contributed by atoms with Gasteiger partial charge in [0.2, 0.25) is 5.91 Å². The number of halogens is 1. The Morgan fingerprint density at radius 1 is 1.18 bits per heavy atom. The molecule has 0 aliphatic carbocycles. The number of phenols is 1. The number of amides is 1. The van der Waals surface area contributed by atoms with Gasteiger partial charge in [-0.3, -0.25) is 9.69 Å². The Kier molecular flexibility index (Phi) is 7.71. The van der Waals surface area contributed by atoms with Crippen LogP contribution in [0.15, 0.2) is 48.5 Å². The van der Waals surface area contributed by atoms with E-state index < -0.39 is 0 Å². The summed E-state index contributed by atoms with van der Waals surface area (Å²) >= 11 is 6.14. The first-order chi connectivity index (χ1) is 13.6. The number of morpholine rings is 1. The predicted octanol–water partition coefficient (Wildman–Crippen LogP) is 3.41. The molecule has 150 valence electrons. The number of carbonyl (C=O) groups is 1. The Bertz CT molecular complexity index is 764. The van der Waals surface area contributed by atoms with Gasteiger partial charge in [-0.25, -0.2) is 0 Å². The minimum atomic E-state index is -0.251. The van der Waals surface area contributed by atoms with Crippen LogP contribution in [-0.4, -0.2) is 55.3 Å². The van der Waals surface area contributed by atoms with E-state index in [1.807, 2.05) is 30.3 Å². The standard InChI is InChI=1S/C22H27ClN2O3/c23-18-7-8-21(26)20(15-18)19(17-5-2-1-3-6-17)16-22(27)24-9-4-10-25-11-13-28-14-12-25/h1-3,5-8,15,19,26H,4,9-14,16H2,(H,24,27)/t19-/m1/s1. The lowest BCUT2D eigenvalue weighted by Gasteiger charge is -2.26. The minimum Gasteiger partial charge on any atom is -0.508 e. The summed E-state index contributed by atoms with van der Waals surface area (Å²) in [6, 6.07) is 14.7. The number of phenolic OH excluding ortho intramolecular Hbond substituents is 1. The van der Waals surface area contributed by atoms with Crippen molar-refractivity contribution in [1.82, 2.24) is 10.2 Å².